The van der Waals surface area contributed by atoms with Crippen LogP contribution in [0.1, 0.15) is 18.4 Å². The van der Waals surface area contributed by atoms with Gasteiger partial charge in [0.05, 0.1) is 11.6 Å². The number of rotatable bonds is 1. The second-order valence-electron chi connectivity index (χ2n) is 4.81. The molecule has 0 aliphatic carbocycles. The van der Waals surface area contributed by atoms with Gasteiger partial charge in [0.2, 0.25) is 0 Å². The summed E-state index contributed by atoms with van der Waals surface area (Å²) < 4.78 is 1.83. The Bertz CT molecular complexity index is 762. The van der Waals surface area contributed by atoms with Gasteiger partial charge >= 0.3 is 6.03 Å². The van der Waals surface area contributed by atoms with Gasteiger partial charge in [0.25, 0.3) is 0 Å². The van der Waals surface area contributed by atoms with Gasteiger partial charge in [-0.05, 0) is 31.0 Å². The maximum Gasteiger partial charge on any atom is 0.346 e. The Morgan fingerprint density at radius 3 is 2.90 bits per heavy atom. The standard InChI is InChI=1S/C15H14N4OS/c16-11-12-4-3-5-13(10-12)19-8-9-21-15(19)17-14(20)18-6-1-2-7-18/h3-5,8-10H,1-2,6-7H2/b17-15-. The van der Waals surface area contributed by atoms with Crippen molar-refractivity contribution >= 4 is 17.4 Å². The summed E-state index contributed by atoms with van der Waals surface area (Å²) in [4.78, 5) is 18.7. The molecule has 1 aromatic heterocycles. The predicted molar refractivity (Wildman–Crippen MR) is 80.1 cm³/mol. The highest BCUT2D eigenvalue weighted by atomic mass is 32.1. The first-order chi connectivity index (χ1) is 10.3. The average molecular weight is 298 g/mol. The lowest BCUT2D eigenvalue weighted by molar-refractivity contribution is 0.218. The summed E-state index contributed by atoms with van der Waals surface area (Å²) in [5.74, 6) is 0. The zero-order chi connectivity index (χ0) is 14.7. The van der Waals surface area contributed by atoms with Crippen LogP contribution < -0.4 is 4.80 Å². The maximum atomic E-state index is 12.1. The maximum absolute atomic E-state index is 12.1. The summed E-state index contributed by atoms with van der Waals surface area (Å²) in [5, 5.41) is 10.9. The Hall–Kier alpha value is -2.39. The number of thiazole rings is 1. The third-order valence-corrected chi connectivity index (χ3v) is 4.17. The zero-order valence-electron chi connectivity index (χ0n) is 11.4. The van der Waals surface area contributed by atoms with Crippen molar-refractivity contribution in [3.63, 3.8) is 0 Å². The van der Waals surface area contributed by atoms with Crippen molar-refractivity contribution in [3.8, 4) is 11.8 Å². The number of nitrogens with zero attached hydrogens (tertiary/aromatic N) is 4. The normalized spacial score (nSPS) is 15.2. The van der Waals surface area contributed by atoms with Crippen LogP contribution >= 0.6 is 11.3 Å². The molecule has 1 aromatic carbocycles. The van der Waals surface area contributed by atoms with Crippen LogP contribution in [0.3, 0.4) is 0 Å². The molecule has 1 aliphatic rings. The summed E-state index contributed by atoms with van der Waals surface area (Å²) in [6, 6.07) is 9.19. The monoisotopic (exact) mass is 298 g/mol. The lowest BCUT2D eigenvalue weighted by Crippen LogP contribution is -2.27. The molecule has 0 N–H and O–H groups in total. The van der Waals surface area contributed by atoms with Gasteiger partial charge < -0.3 is 4.90 Å². The van der Waals surface area contributed by atoms with Crippen LogP contribution in [-0.2, 0) is 0 Å². The van der Waals surface area contributed by atoms with Crippen molar-refractivity contribution in [2.24, 2.45) is 4.99 Å². The third-order valence-electron chi connectivity index (χ3n) is 3.41. The SMILES string of the molecule is N#Cc1cccc(-n2ccs/c2=N\C(=O)N2CCCC2)c1. The minimum atomic E-state index is -0.180. The van der Waals surface area contributed by atoms with E-state index in [9.17, 15) is 4.79 Å². The van der Waals surface area contributed by atoms with E-state index in [2.05, 4.69) is 11.1 Å². The molecule has 21 heavy (non-hydrogen) atoms. The largest absolute Gasteiger partial charge is 0.346 e. The van der Waals surface area contributed by atoms with Crippen LogP contribution in [0, 0.1) is 11.3 Å². The van der Waals surface area contributed by atoms with Crippen molar-refractivity contribution in [2.45, 2.75) is 12.8 Å². The number of hydrogen-bond acceptors (Lipinski definition) is 3. The Kier molecular flexibility index (Phi) is 3.84. The van der Waals surface area contributed by atoms with Crippen molar-refractivity contribution < 1.29 is 4.79 Å². The molecule has 2 amide bonds. The van der Waals surface area contributed by atoms with Crippen LogP contribution in [0.4, 0.5) is 4.79 Å². The zero-order valence-corrected chi connectivity index (χ0v) is 12.2. The summed E-state index contributed by atoms with van der Waals surface area (Å²) in [6.07, 6.45) is 3.96. The number of amides is 2. The molecule has 0 unspecified atom stereocenters. The second kappa shape index (κ2) is 5.94. The molecule has 106 valence electrons. The number of benzene rings is 1. The van der Waals surface area contributed by atoms with Crippen LogP contribution in [0.2, 0.25) is 0 Å². The molecule has 0 bridgehead atoms. The molecule has 2 aromatic rings. The molecule has 1 saturated heterocycles. The van der Waals surface area contributed by atoms with Gasteiger partial charge in [-0.25, -0.2) is 4.79 Å². The van der Waals surface area contributed by atoms with Crippen LogP contribution in [0.25, 0.3) is 5.69 Å². The molecule has 1 fully saturated rings. The first kappa shape index (κ1) is 13.6. The van der Waals surface area contributed by atoms with E-state index >= 15 is 0 Å². The van der Waals surface area contributed by atoms with Gasteiger partial charge in [-0.3, -0.25) is 4.57 Å². The molecule has 0 spiro atoms. The fraction of sp³-hybridized carbons (Fsp3) is 0.267. The summed E-state index contributed by atoms with van der Waals surface area (Å²) in [7, 11) is 0. The van der Waals surface area contributed by atoms with Crippen LogP contribution in [0.15, 0.2) is 40.8 Å². The van der Waals surface area contributed by atoms with E-state index in [1.807, 2.05) is 28.3 Å². The lowest BCUT2D eigenvalue weighted by Gasteiger charge is -2.10. The third kappa shape index (κ3) is 2.88. The highest BCUT2D eigenvalue weighted by Gasteiger charge is 2.17. The highest BCUT2D eigenvalue weighted by Crippen LogP contribution is 2.11. The van der Waals surface area contributed by atoms with Crippen LogP contribution in [0.5, 0.6) is 0 Å². The van der Waals surface area contributed by atoms with E-state index in [4.69, 9.17) is 5.26 Å². The van der Waals surface area contributed by atoms with E-state index in [-0.39, 0.29) is 6.03 Å². The highest BCUT2D eigenvalue weighted by molar-refractivity contribution is 7.07. The lowest BCUT2D eigenvalue weighted by atomic mass is 10.2. The summed E-state index contributed by atoms with van der Waals surface area (Å²) >= 11 is 1.41. The Balaban J connectivity index is 1.97. The predicted octanol–water partition coefficient (Wildman–Crippen LogP) is 2.53. The molecular formula is C15H14N4OS. The molecule has 6 heteroatoms. The van der Waals surface area contributed by atoms with E-state index in [0.29, 0.717) is 10.4 Å². The number of urea groups is 1. The fourth-order valence-electron chi connectivity index (χ4n) is 2.34. The molecule has 0 saturated carbocycles. The van der Waals surface area contributed by atoms with Gasteiger partial charge in [-0.2, -0.15) is 10.3 Å². The quantitative estimate of drug-likeness (QED) is 0.812. The summed E-state index contributed by atoms with van der Waals surface area (Å²) in [5.41, 5.74) is 1.42. The number of aromatic nitrogens is 1. The van der Waals surface area contributed by atoms with Crippen molar-refractivity contribution in [1.82, 2.24) is 9.47 Å². The molecule has 0 atom stereocenters. The topological polar surface area (TPSA) is 61.4 Å². The van der Waals surface area contributed by atoms with Gasteiger partial charge in [-0.1, -0.05) is 6.07 Å². The van der Waals surface area contributed by atoms with Gasteiger partial charge in [0.15, 0.2) is 4.80 Å². The van der Waals surface area contributed by atoms with Gasteiger partial charge in [-0.15, -0.1) is 11.3 Å². The van der Waals surface area contributed by atoms with Crippen molar-refractivity contribution in [3.05, 3.63) is 46.2 Å². The second-order valence-corrected chi connectivity index (χ2v) is 5.68. The molecular weight excluding hydrogens is 284 g/mol. The van der Waals surface area contributed by atoms with E-state index < -0.39 is 0 Å². The van der Waals surface area contributed by atoms with Crippen molar-refractivity contribution in [1.29, 1.82) is 5.26 Å². The van der Waals surface area contributed by atoms with Gasteiger partial charge in [0, 0.05) is 30.4 Å². The first-order valence-corrected chi connectivity index (χ1v) is 7.66. The minimum absolute atomic E-state index is 0.180. The van der Waals surface area contributed by atoms with Crippen molar-refractivity contribution in [2.75, 3.05) is 13.1 Å². The number of likely N-dealkylation sites (tertiary alicyclic amines) is 1. The van der Waals surface area contributed by atoms with Crippen LogP contribution in [-0.4, -0.2) is 28.6 Å². The summed E-state index contributed by atoms with van der Waals surface area (Å²) in [6.45, 7) is 1.58. The minimum Gasteiger partial charge on any atom is -0.323 e. The molecule has 1 aliphatic heterocycles. The number of nitriles is 1. The Morgan fingerprint density at radius 1 is 1.33 bits per heavy atom. The smallest absolute Gasteiger partial charge is 0.323 e. The number of carbonyl (C=O) groups is 1. The molecule has 3 rings (SSSR count). The van der Waals surface area contributed by atoms with E-state index in [1.165, 1.54) is 11.3 Å². The van der Waals surface area contributed by atoms with Gasteiger partial charge in [0.1, 0.15) is 0 Å². The Morgan fingerprint density at radius 2 is 2.14 bits per heavy atom. The first-order valence-electron chi connectivity index (χ1n) is 6.78. The molecule has 0 radical (unpaired) electrons. The Labute approximate surface area is 126 Å². The number of hydrogen-bond donors (Lipinski definition) is 0. The number of carbonyl (C=O) groups excluding carboxylic acids is 1. The molecule has 2 heterocycles. The van der Waals surface area contributed by atoms with E-state index in [1.54, 1.807) is 17.0 Å². The average Bonchev–Trinajstić information content (AvgIpc) is 3.18. The van der Waals surface area contributed by atoms with E-state index in [0.717, 1.165) is 31.6 Å². The molecule has 5 nitrogen and oxygen atoms in total. The fourth-order valence-corrected chi connectivity index (χ4v) is 3.05.